The van der Waals surface area contributed by atoms with Crippen LogP contribution in [0, 0.1) is 11.3 Å². The van der Waals surface area contributed by atoms with Gasteiger partial charge in [-0.25, -0.2) is 0 Å². The van der Waals surface area contributed by atoms with Crippen LogP contribution in [-0.4, -0.2) is 49.6 Å². The summed E-state index contributed by atoms with van der Waals surface area (Å²) in [5, 5.41) is 0.713. The number of ether oxygens (including phenoxy) is 2. The van der Waals surface area contributed by atoms with Gasteiger partial charge in [-0.05, 0) is 30.9 Å². The molecular weight excluding hydrogens is 330 g/mol. The molecule has 1 aromatic carbocycles. The van der Waals surface area contributed by atoms with E-state index in [4.69, 9.17) is 4.84 Å². The highest BCUT2D eigenvalue weighted by atomic mass is 16.7. The van der Waals surface area contributed by atoms with Gasteiger partial charge in [-0.2, -0.15) is 0 Å². The van der Waals surface area contributed by atoms with Crippen LogP contribution in [0.5, 0.6) is 0 Å². The van der Waals surface area contributed by atoms with Crippen LogP contribution in [0.15, 0.2) is 24.3 Å². The van der Waals surface area contributed by atoms with E-state index in [1.807, 2.05) is 0 Å². The van der Waals surface area contributed by atoms with Gasteiger partial charge in [0.2, 0.25) is 0 Å². The summed E-state index contributed by atoms with van der Waals surface area (Å²) in [5.41, 5.74) is -0.732. The van der Waals surface area contributed by atoms with Crippen LogP contribution < -0.4 is 0 Å². The maximum absolute atomic E-state index is 12.2. The Bertz CT molecular complexity index is 706. The molecule has 0 radical (unpaired) electrons. The molecule has 1 aromatic rings. The zero-order valence-electron chi connectivity index (χ0n) is 13.8. The predicted molar refractivity (Wildman–Crippen MR) is 82.1 cm³/mol. The SMILES string of the molecule is COC(=O)C1(C(=O)OC)C[C@@H]1CCON1C(=O)c2ccccc2C1=O. The number of esters is 2. The number of hydrogen-bond donors (Lipinski definition) is 0. The third-order valence-electron chi connectivity index (χ3n) is 4.65. The van der Waals surface area contributed by atoms with Crippen LogP contribution >= 0.6 is 0 Å². The van der Waals surface area contributed by atoms with Gasteiger partial charge in [0, 0.05) is 0 Å². The fourth-order valence-corrected chi connectivity index (χ4v) is 3.20. The summed E-state index contributed by atoms with van der Waals surface area (Å²) in [6.07, 6.45) is 0.593. The second-order valence-corrected chi connectivity index (χ2v) is 5.93. The van der Waals surface area contributed by atoms with Gasteiger partial charge in [-0.3, -0.25) is 24.0 Å². The van der Waals surface area contributed by atoms with Crippen molar-refractivity contribution in [1.82, 2.24) is 5.06 Å². The lowest BCUT2D eigenvalue weighted by Crippen LogP contribution is -2.32. The number of hydroxylamine groups is 2. The van der Waals surface area contributed by atoms with Crippen molar-refractivity contribution >= 4 is 23.8 Å². The molecule has 8 nitrogen and oxygen atoms in total. The van der Waals surface area contributed by atoms with Crippen molar-refractivity contribution in [2.75, 3.05) is 20.8 Å². The van der Waals surface area contributed by atoms with E-state index >= 15 is 0 Å². The Morgan fingerprint density at radius 2 is 1.60 bits per heavy atom. The van der Waals surface area contributed by atoms with Gasteiger partial charge in [-0.15, -0.1) is 5.06 Å². The Labute approximate surface area is 143 Å². The molecule has 2 aliphatic rings. The van der Waals surface area contributed by atoms with Gasteiger partial charge >= 0.3 is 11.9 Å². The first-order valence-electron chi connectivity index (χ1n) is 7.75. The molecule has 1 aliphatic carbocycles. The first-order valence-corrected chi connectivity index (χ1v) is 7.75. The Balaban J connectivity index is 1.60. The minimum Gasteiger partial charge on any atom is -0.468 e. The second-order valence-electron chi connectivity index (χ2n) is 5.93. The van der Waals surface area contributed by atoms with E-state index in [1.54, 1.807) is 24.3 Å². The summed E-state index contributed by atoms with van der Waals surface area (Å²) in [4.78, 5) is 53.4. The number of rotatable bonds is 6. The van der Waals surface area contributed by atoms with Crippen molar-refractivity contribution in [3.8, 4) is 0 Å². The van der Waals surface area contributed by atoms with Crippen molar-refractivity contribution in [1.29, 1.82) is 0 Å². The van der Waals surface area contributed by atoms with Crippen molar-refractivity contribution in [2.45, 2.75) is 12.8 Å². The molecule has 1 atom stereocenters. The highest BCUT2D eigenvalue weighted by molar-refractivity contribution is 6.20. The van der Waals surface area contributed by atoms with E-state index in [2.05, 4.69) is 9.47 Å². The molecule has 0 saturated heterocycles. The Kier molecular flexibility index (Phi) is 4.30. The minimum absolute atomic E-state index is 0.00583. The zero-order chi connectivity index (χ0) is 18.2. The summed E-state index contributed by atoms with van der Waals surface area (Å²) >= 11 is 0. The normalized spacial score (nSPS) is 20.2. The van der Waals surface area contributed by atoms with E-state index in [0.29, 0.717) is 11.5 Å². The Hall–Kier alpha value is -2.74. The molecule has 0 aromatic heterocycles. The van der Waals surface area contributed by atoms with Gasteiger partial charge in [0.05, 0.1) is 32.0 Å². The molecule has 132 valence electrons. The lowest BCUT2D eigenvalue weighted by atomic mass is 10.0. The van der Waals surface area contributed by atoms with Crippen LogP contribution in [0.25, 0.3) is 0 Å². The van der Waals surface area contributed by atoms with Crippen molar-refractivity contribution in [2.24, 2.45) is 11.3 Å². The quantitative estimate of drug-likeness (QED) is 0.429. The smallest absolute Gasteiger partial charge is 0.323 e. The number of nitrogens with zero attached hydrogens (tertiary/aromatic N) is 1. The first-order chi connectivity index (χ1) is 12.0. The average Bonchev–Trinajstić information content (AvgIpc) is 3.32. The fraction of sp³-hybridized carbons (Fsp3) is 0.412. The van der Waals surface area contributed by atoms with Gasteiger partial charge in [0.15, 0.2) is 5.41 Å². The summed E-state index contributed by atoms with van der Waals surface area (Å²) in [6.45, 7) is 0.00583. The van der Waals surface area contributed by atoms with E-state index < -0.39 is 29.2 Å². The van der Waals surface area contributed by atoms with Crippen LogP contribution in [0.1, 0.15) is 33.6 Å². The van der Waals surface area contributed by atoms with Gasteiger partial charge in [0.25, 0.3) is 11.8 Å². The summed E-state index contributed by atoms with van der Waals surface area (Å²) in [6, 6.07) is 6.44. The molecule has 0 unspecified atom stereocenters. The number of carbonyl (C=O) groups excluding carboxylic acids is 4. The summed E-state index contributed by atoms with van der Waals surface area (Å²) < 4.78 is 9.38. The number of hydrogen-bond acceptors (Lipinski definition) is 7. The molecule has 1 saturated carbocycles. The monoisotopic (exact) mass is 347 g/mol. The minimum atomic E-state index is -1.31. The average molecular weight is 347 g/mol. The molecule has 0 bridgehead atoms. The molecule has 1 aliphatic heterocycles. The summed E-state index contributed by atoms with van der Waals surface area (Å²) in [5.74, 6) is -2.66. The highest BCUT2D eigenvalue weighted by Gasteiger charge is 2.67. The number of amides is 2. The fourth-order valence-electron chi connectivity index (χ4n) is 3.20. The standard InChI is InChI=1S/C17H17NO7/c1-23-15(21)17(16(22)24-2)9-10(17)7-8-25-18-13(19)11-5-3-4-6-12(11)14(18)20/h3-6,10H,7-9H2,1-2H3/t10-/m0/s1. The lowest BCUT2D eigenvalue weighted by molar-refractivity contribution is -0.162. The third kappa shape index (κ3) is 2.58. The third-order valence-corrected chi connectivity index (χ3v) is 4.65. The maximum Gasteiger partial charge on any atom is 0.323 e. The predicted octanol–water partition coefficient (Wildman–Crippen LogP) is 0.957. The lowest BCUT2D eigenvalue weighted by Gasteiger charge is -2.15. The number of methoxy groups -OCH3 is 2. The van der Waals surface area contributed by atoms with Crippen molar-refractivity contribution in [3.63, 3.8) is 0 Å². The summed E-state index contributed by atoms with van der Waals surface area (Å²) in [7, 11) is 2.41. The van der Waals surface area contributed by atoms with Gasteiger partial charge in [-0.1, -0.05) is 12.1 Å². The van der Waals surface area contributed by atoms with Crippen molar-refractivity contribution in [3.05, 3.63) is 35.4 Å². The molecule has 1 fully saturated rings. The highest BCUT2D eigenvalue weighted by Crippen LogP contribution is 2.56. The molecule has 0 N–H and O–H groups in total. The van der Waals surface area contributed by atoms with Crippen molar-refractivity contribution < 1.29 is 33.5 Å². The van der Waals surface area contributed by atoms with E-state index in [9.17, 15) is 19.2 Å². The molecule has 3 rings (SSSR count). The van der Waals surface area contributed by atoms with Crippen LogP contribution in [-0.2, 0) is 23.9 Å². The molecule has 25 heavy (non-hydrogen) atoms. The van der Waals surface area contributed by atoms with Crippen LogP contribution in [0.3, 0.4) is 0 Å². The number of imide groups is 1. The van der Waals surface area contributed by atoms with E-state index in [-0.39, 0.29) is 30.1 Å². The van der Waals surface area contributed by atoms with Gasteiger partial charge in [0.1, 0.15) is 0 Å². The van der Waals surface area contributed by atoms with Crippen LogP contribution in [0.4, 0.5) is 0 Å². The number of benzene rings is 1. The number of fused-ring (bicyclic) bond motifs is 1. The van der Waals surface area contributed by atoms with Gasteiger partial charge < -0.3 is 9.47 Å². The van der Waals surface area contributed by atoms with E-state index in [1.165, 1.54) is 14.2 Å². The van der Waals surface area contributed by atoms with E-state index in [0.717, 1.165) is 0 Å². The zero-order valence-corrected chi connectivity index (χ0v) is 13.8. The Morgan fingerprint density at radius 1 is 1.08 bits per heavy atom. The maximum atomic E-state index is 12.2. The topological polar surface area (TPSA) is 99.2 Å². The molecule has 1 heterocycles. The molecule has 0 spiro atoms. The molecular formula is C17H17NO7. The molecule has 8 heteroatoms. The second kappa shape index (κ2) is 6.29. The van der Waals surface area contributed by atoms with Crippen LogP contribution in [0.2, 0.25) is 0 Å². The molecule has 2 amide bonds. The first kappa shape index (κ1) is 17.1. The number of carbonyl (C=O) groups is 4. The largest absolute Gasteiger partial charge is 0.468 e. The Morgan fingerprint density at radius 3 is 2.08 bits per heavy atom.